The fraction of sp³-hybridized carbons (Fsp3) is 0.941. The lowest BCUT2D eigenvalue weighted by molar-refractivity contribution is -0.131. The van der Waals surface area contributed by atoms with Gasteiger partial charge in [0, 0.05) is 12.6 Å². The third kappa shape index (κ3) is 3.78. The molecule has 0 bridgehead atoms. The number of rotatable bonds is 6. The molecule has 0 aromatic carbocycles. The Morgan fingerprint density at radius 1 is 1.29 bits per heavy atom. The van der Waals surface area contributed by atoms with Gasteiger partial charge in [-0.1, -0.05) is 34.6 Å². The van der Waals surface area contributed by atoms with Gasteiger partial charge >= 0.3 is 0 Å². The van der Waals surface area contributed by atoms with Gasteiger partial charge in [0.15, 0.2) is 0 Å². The first-order valence-electron chi connectivity index (χ1n) is 8.74. The van der Waals surface area contributed by atoms with Crippen LogP contribution < -0.4 is 5.32 Å². The van der Waals surface area contributed by atoms with Crippen LogP contribution in [0, 0.1) is 11.8 Å². The van der Waals surface area contributed by atoms with Crippen molar-refractivity contribution in [3.8, 4) is 0 Å². The van der Waals surface area contributed by atoms with E-state index in [0.717, 1.165) is 19.5 Å². The molecule has 0 aromatic rings. The topological polar surface area (TPSA) is 35.6 Å². The summed E-state index contributed by atoms with van der Waals surface area (Å²) in [5, 5.41) is 3.59. The quantitative estimate of drug-likeness (QED) is 0.817. The molecule has 2 aliphatic heterocycles. The first kappa shape index (κ1) is 16.8. The Morgan fingerprint density at radius 2 is 2.00 bits per heavy atom. The van der Waals surface area contributed by atoms with Crippen LogP contribution in [0.2, 0.25) is 0 Å². The van der Waals surface area contributed by atoms with Crippen molar-refractivity contribution in [2.75, 3.05) is 19.6 Å². The summed E-state index contributed by atoms with van der Waals surface area (Å²) in [7, 11) is 0. The number of hydrogen-bond donors (Lipinski definition) is 1. The zero-order valence-electron chi connectivity index (χ0n) is 14.4. The van der Waals surface area contributed by atoms with Crippen LogP contribution in [0.4, 0.5) is 0 Å². The Labute approximate surface area is 130 Å². The van der Waals surface area contributed by atoms with Gasteiger partial charge in [-0.2, -0.15) is 0 Å². The summed E-state index contributed by atoms with van der Waals surface area (Å²) in [6.07, 6.45) is 3.66. The fourth-order valence-corrected chi connectivity index (χ4v) is 3.85. The van der Waals surface area contributed by atoms with E-state index in [1.807, 2.05) is 0 Å². The van der Waals surface area contributed by atoms with E-state index in [4.69, 9.17) is 0 Å². The lowest BCUT2D eigenvalue weighted by atomic mass is 10.0. The predicted octanol–water partition coefficient (Wildman–Crippen LogP) is 2.30. The van der Waals surface area contributed by atoms with E-state index < -0.39 is 0 Å². The molecular weight excluding hydrogens is 262 g/mol. The van der Waals surface area contributed by atoms with E-state index in [1.54, 1.807) is 0 Å². The molecular formula is C17H33N3O. The highest BCUT2D eigenvalue weighted by molar-refractivity contribution is 5.84. The molecule has 0 radical (unpaired) electrons. The average Bonchev–Trinajstić information content (AvgIpc) is 2.97. The van der Waals surface area contributed by atoms with Gasteiger partial charge in [0.2, 0.25) is 5.91 Å². The van der Waals surface area contributed by atoms with Crippen LogP contribution >= 0.6 is 0 Å². The molecule has 2 aliphatic rings. The molecule has 2 rings (SSSR count). The first-order chi connectivity index (χ1) is 9.93. The fourth-order valence-electron chi connectivity index (χ4n) is 3.85. The SMILES string of the molecule is CCN1CCCC1CN1C(=O)C(CC(C)C)NC1C(C)C. The monoisotopic (exact) mass is 295 g/mol. The Morgan fingerprint density at radius 3 is 2.57 bits per heavy atom. The maximum atomic E-state index is 12.8. The highest BCUT2D eigenvalue weighted by Crippen LogP contribution is 2.25. The summed E-state index contributed by atoms with van der Waals surface area (Å²) in [5.74, 6) is 1.34. The van der Waals surface area contributed by atoms with Gasteiger partial charge in [0.25, 0.3) is 0 Å². The van der Waals surface area contributed by atoms with Crippen molar-refractivity contribution < 1.29 is 4.79 Å². The lowest BCUT2D eigenvalue weighted by Gasteiger charge is -2.32. The Kier molecular flexibility index (Phi) is 5.67. The van der Waals surface area contributed by atoms with Crippen LogP contribution in [0.5, 0.6) is 0 Å². The van der Waals surface area contributed by atoms with Crippen LogP contribution in [0.1, 0.15) is 53.9 Å². The third-order valence-corrected chi connectivity index (χ3v) is 4.94. The van der Waals surface area contributed by atoms with Crippen molar-refractivity contribution in [3.05, 3.63) is 0 Å². The maximum Gasteiger partial charge on any atom is 0.241 e. The summed E-state index contributed by atoms with van der Waals surface area (Å²) in [6, 6.07) is 0.577. The van der Waals surface area contributed by atoms with Crippen LogP contribution in [0.25, 0.3) is 0 Å². The molecule has 0 saturated carbocycles. The van der Waals surface area contributed by atoms with Crippen LogP contribution in [-0.2, 0) is 4.79 Å². The molecule has 2 fully saturated rings. The van der Waals surface area contributed by atoms with Crippen molar-refractivity contribution in [1.82, 2.24) is 15.1 Å². The van der Waals surface area contributed by atoms with E-state index in [9.17, 15) is 4.79 Å². The van der Waals surface area contributed by atoms with Crippen molar-refractivity contribution in [2.24, 2.45) is 11.8 Å². The second-order valence-corrected chi connectivity index (χ2v) is 7.45. The second kappa shape index (κ2) is 7.10. The van der Waals surface area contributed by atoms with Crippen molar-refractivity contribution in [1.29, 1.82) is 0 Å². The highest BCUT2D eigenvalue weighted by atomic mass is 16.2. The van der Waals surface area contributed by atoms with E-state index >= 15 is 0 Å². The first-order valence-corrected chi connectivity index (χ1v) is 8.74. The van der Waals surface area contributed by atoms with Gasteiger partial charge in [-0.25, -0.2) is 0 Å². The number of likely N-dealkylation sites (N-methyl/N-ethyl adjacent to an activating group) is 1. The maximum absolute atomic E-state index is 12.8. The van der Waals surface area contributed by atoms with E-state index in [-0.39, 0.29) is 12.2 Å². The van der Waals surface area contributed by atoms with Crippen molar-refractivity contribution in [2.45, 2.75) is 72.1 Å². The molecule has 4 heteroatoms. The summed E-state index contributed by atoms with van der Waals surface area (Å²) in [4.78, 5) is 17.4. The number of amides is 1. The van der Waals surface area contributed by atoms with Gasteiger partial charge in [0.05, 0.1) is 12.2 Å². The highest BCUT2D eigenvalue weighted by Gasteiger charge is 2.41. The number of nitrogens with one attached hydrogen (secondary N) is 1. The molecule has 0 spiro atoms. The zero-order chi connectivity index (χ0) is 15.6. The molecule has 0 aliphatic carbocycles. The summed E-state index contributed by atoms with van der Waals surface area (Å²) >= 11 is 0. The minimum atomic E-state index is 0.0221. The second-order valence-electron chi connectivity index (χ2n) is 7.45. The molecule has 0 aromatic heterocycles. The minimum absolute atomic E-state index is 0.0221. The lowest BCUT2D eigenvalue weighted by Crippen LogP contribution is -2.47. The summed E-state index contributed by atoms with van der Waals surface area (Å²) < 4.78 is 0. The van der Waals surface area contributed by atoms with Gasteiger partial charge in [0.1, 0.15) is 0 Å². The van der Waals surface area contributed by atoms with Gasteiger partial charge in [-0.3, -0.25) is 15.0 Å². The smallest absolute Gasteiger partial charge is 0.241 e. The number of nitrogens with zero attached hydrogens (tertiary/aromatic N) is 2. The number of carbonyl (C=O) groups excluding carboxylic acids is 1. The molecule has 2 heterocycles. The number of hydrogen-bond acceptors (Lipinski definition) is 3. The van der Waals surface area contributed by atoms with Crippen LogP contribution in [-0.4, -0.2) is 53.6 Å². The van der Waals surface area contributed by atoms with Crippen LogP contribution in [0.15, 0.2) is 0 Å². The molecule has 1 N–H and O–H groups in total. The molecule has 122 valence electrons. The molecule has 3 atom stereocenters. The van der Waals surface area contributed by atoms with Crippen molar-refractivity contribution >= 4 is 5.91 Å². The van der Waals surface area contributed by atoms with Crippen LogP contribution in [0.3, 0.4) is 0 Å². The van der Waals surface area contributed by atoms with Gasteiger partial charge in [-0.05, 0) is 44.2 Å². The molecule has 21 heavy (non-hydrogen) atoms. The van der Waals surface area contributed by atoms with Gasteiger partial charge in [-0.15, -0.1) is 0 Å². The molecule has 1 amide bonds. The number of likely N-dealkylation sites (tertiary alicyclic amines) is 1. The van der Waals surface area contributed by atoms with E-state index in [1.165, 1.54) is 19.4 Å². The van der Waals surface area contributed by atoms with Crippen molar-refractivity contribution in [3.63, 3.8) is 0 Å². The minimum Gasteiger partial charge on any atom is -0.324 e. The largest absolute Gasteiger partial charge is 0.324 e. The Balaban J connectivity index is 2.05. The van der Waals surface area contributed by atoms with E-state index in [0.29, 0.717) is 23.8 Å². The molecule has 4 nitrogen and oxygen atoms in total. The average molecular weight is 295 g/mol. The summed E-state index contributed by atoms with van der Waals surface area (Å²) in [6.45, 7) is 14.2. The number of carbonyl (C=O) groups is 1. The predicted molar refractivity (Wildman–Crippen MR) is 87.0 cm³/mol. The zero-order valence-corrected chi connectivity index (χ0v) is 14.4. The molecule has 3 unspecified atom stereocenters. The Bertz CT molecular complexity index is 356. The van der Waals surface area contributed by atoms with E-state index in [2.05, 4.69) is 49.7 Å². The molecule has 2 saturated heterocycles. The third-order valence-electron chi connectivity index (χ3n) is 4.94. The Hall–Kier alpha value is -0.610. The summed E-state index contributed by atoms with van der Waals surface area (Å²) in [5.41, 5.74) is 0. The normalized spacial score (nSPS) is 31.1. The van der Waals surface area contributed by atoms with Gasteiger partial charge < -0.3 is 4.90 Å². The standard InChI is InChI=1S/C17H33N3O/c1-6-19-9-7-8-14(19)11-20-16(13(4)5)18-15(17(20)21)10-12(2)3/h12-16,18H,6-11H2,1-5H3.